The Hall–Kier alpha value is -0.0800. The molecule has 0 aromatic carbocycles. The summed E-state index contributed by atoms with van der Waals surface area (Å²) in [6.07, 6.45) is 3.18. The minimum Gasteiger partial charge on any atom is -0.328 e. The van der Waals surface area contributed by atoms with Crippen molar-refractivity contribution in [3.05, 3.63) is 0 Å². The van der Waals surface area contributed by atoms with Gasteiger partial charge in [-0.1, -0.05) is 6.92 Å². The Balaban J connectivity index is 3.06. The fraction of sp³-hybridized carbons (Fsp3) is 1.00. The Labute approximate surface area is 57.6 Å². The maximum Gasteiger partial charge on any atom is 0.00367 e. The zero-order chi connectivity index (χ0) is 7.28. The number of nitrogens with two attached hydrogens (primary N) is 2. The van der Waals surface area contributed by atoms with E-state index in [9.17, 15) is 0 Å². The molecule has 0 rings (SSSR count). The van der Waals surface area contributed by atoms with Gasteiger partial charge in [-0.2, -0.15) is 0 Å². The first kappa shape index (κ1) is 8.92. The summed E-state index contributed by atoms with van der Waals surface area (Å²) >= 11 is 0. The van der Waals surface area contributed by atoms with Gasteiger partial charge in [0.2, 0.25) is 0 Å². The summed E-state index contributed by atoms with van der Waals surface area (Å²) in [5.41, 5.74) is 11.2. The van der Waals surface area contributed by atoms with E-state index in [2.05, 4.69) is 6.92 Å². The van der Waals surface area contributed by atoms with E-state index >= 15 is 0 Å². The smallest absolute Gasteiger partial charge is 0.00367 e. The van der Waals surface area contributed by atoms with Crippen LogP contribution in [0.5, 0.6) is 0 Å². The lowest BCUT2D eigenvalue weighted by molar-refractivity contribution is 0.528. The van der Waals surface area contributed by atoms with Crippen LogP contribution in [0, 0.1) is 0 Å². The molecule has 0 amide bonds. The highest BCUT2D eigenvalue weighted by Crippen LogP contribution is 1.99. The molecule has 9 heavy (non-hydrogen) atoms. The van der Waals surface area contributed by atoms with Crippen molar-refractivity contribution in [3.63, 3.8) is 0 Å². The minimum absolute atomic E-state index is 0.308. The van der Waals surface area contributed by atoms with Crippen molar-refractivity contribution in [2.75, 3.05) is 0 Å². The molecular formula is C7H18N2. The van der Waals surface area contributed by atoms with Crippen molar-refractivity contribution in [1.29, 1.82) is 0 Å². The van der Waals surface area contributed by atoms with E-state index in [4.69, 9.17) is 11.5 Å². The molecule has 2 nitrogen and oxygen atoms in total. The Morgan fingerprint density at radius 2 is 1.78 bits per heavy atom. The van der Waals surface area contributed by atoms with E-state index in [1.165, 1.54) is 0 Å². The molecule has 4 N–H and O–H groups in total. The summed E-state index contributed by atoms with van der Waals surface area (Å²) in [6.45, 7) is 4.12. The van der Waals surface area contributed by atoms with E-state index in [0.717, 1.165) is 19.3 Å². The van der Waals surface area contributed by atoms with Gasteiger partial charge in [-0.05, 0) is 26.2 Å². The van der Waals surface area contributed by atoms with Gasteiger partial charge in [-0.3, -0.25) is 0 Å². The first-order chi connectivity index (χ1) is 4.16. The average molecular weight is 130 g/mol. The highest BCUT2D eigenvalue weighted by molar-refractivity contribution is 4.62. The molecule has 0 heterocycles. The first-order valence-electron chi connectivity index (χ1n) is 3.68. The van der Waals surface area contributed by atoms with Crippen molar-refractivity contribution < 1.29 is 0 Å². The Morgan fingerprint density at radius 1 is 1.22 bits per heavy atom. The monoisotopic (exact) mass is 130 g/mol. The summed E-state index contributed by atoms with van der Waals surface area (Å²) < 4.78 is 0. The second-order valence-corrected chi connectivity index (χ2v) is 2.72. The third-order valence-corrected chi connectivity index (χ3v) is 1.52. The molecule has 2 heteroatoms. The van der Waals surface area contributed by atoms with Gasteiger partial charge in [0.25, 0.3) is 0 Å². The molecule has 2 atom stereocenters. The summed E-state index contributed by atoms with van der Waals surface area (Å²) in [4.78, 5) is 0. The molecule has 0 saturated carbocycles. The maximum atomic E-state index is 5.67. The molecular weight excluding hydrogens is 112 g/mol. The molecule has 1 unspecified atom stereocenters. The van der Waals surface area contributed by atoms with Gasteiger partial charge < -0.3 is 11.5 Å². The summed E-state index contributed by atoms with van der Waals surface area (Å²) in [6, 6.07) is 0.665. The highest BCUT2D eigenvalue weighted by atomic mass is 14.6. The number of hydrogen-bond donors (Lipinski definition) is 2. The largest absolute Gasteiger partial charge is 0.328 e. The molecule has 0 bridgehead atoms. The van der Waals surface area contributed by atoms with Crippen molar-refractivity contribution in [2.45, 2.75) is 45.2 Å². The number of rotatable bonds is 4. The fourth-order valence-corrected chi connectivity index (χ4v) is 0.681. The van der Waals surface area contributed by atoms with Crippen LogP contribution in [0.4, 0.5) is 0 Å². The molecule has 0 aliphatic carbocycles. The van der Waals surface area contributed by atoms with Crippen LogP contribution in [-0.2, 0) is 0 Å². The molecule has 0 aliphatic heterocycles. The first-order valence-corrected chi connectivity index (χ1v) is 3.68. The van der Waals surface area contributed by atoms with Gasteiger partial charge in [0.05, 0.1) is 0 Å². The second kappa shape index (κ2) is 4.77. The maximum absolute atomic E-state index is 5.67. The molecule has 56 valence electrons. The van der Waals surface area contributed by atoms with Crippen LogP contribution in [0.3, 0.4) is 0 Å². The predicted molar refractivity (Wildman–Crippen MR) is 41.1 cm³/mol. The standard InChI is InChI=1S/C7H18N2/c1-3-7(9)5-4-6(2)8/h6-7H,3-5,8-9H2,1-2H3/t6?,7-/m1/s1. The van der Waals surface area contributed by atoms with E-state index in [-0.39, 0.29) is 0 Å². The van der Waals surface area contributed by atoms with Crippen LogP contribution in [-0.4, -0.2) is 12.1 Å². The van der Waals surface area contributed by atoms with E-state index in [1.807, 2.05) is 6.92 Å². The van der Waals surface area contributed by atoms with Crippen LogP contribution >= 0.6 is 0 Å². The van der Waals surface area contributed by atoms with Crippen molar-refractivity contribution in [3.8, 4) is 0 Å². The molecule has 0 fully saturated rings. The quantitative estimate of drug-likeness (QED) is 0.592. The predicted octanol–water partition coefficient (Wildman–Crippen LogP) is 0.851. The lowest BCUT2D eigenvalue weighted by Crippen LogP contribution is -2.23. The average Bonchev–Trinajstić information content (AvgIpc) is 1.83. The van der Waals surface area contributed by atoms with E-state index in [0.29, 0.717) is 12.1 Å². The Kier molecular flexibility index (Phi) is 4.72. The number of hydrogen-bond acceptors (Lipinski definition) is 2. The molecule has 0 aromatic heterocycles. The second-order valence-electron chi connectivity index (χ2n) is 2.72. The normalized spacial score (nSPS) is 17.3. The fourth-order valence-electron chi connectivity index (χ4n) is 0.681. The molecule has 0 aromatic rings. The minimum atomic E-state index is 0.308. The van der Waals surface area contributed by atoms with Crippen molar-refractivity contribution in [2.24, 2.45) is 11.5 Å². The van der Waals surface area contributed by atoms with Crippen molar-refractivity contribution >= 4 is 0 Å². The van der Waals surface area contributed by atoms with Crippen LogP contribution in [0.25, 0.3) is 0 Å². The van der Waals surface area contributed by atoms with E-state index in [1.54, 1.807) is 0 Å². The van der Waals surface area contributed by atoms with Gasteiger partial charge in [0.15, 0.2) is 0 Å². The van der Waals surface area contributed by atoms with Gasteiger partial charge >= 0.3 is 0 Å². The topological polar surface area (TPSA) is 52.0 Å². The molecule has 0 aliphatic rings. The zero-order valence-electron chi connectivity index (χ0n) is 6.43. The summed E-state index contributed by atoms with van der Waals surface area (Å²) in [7, 11) is 0. The van der Waals surface area contributed by atoms with Crippen LogP contribution in [0.1, 0.15) is 33.1 Å². The van der Waals surface area contributed by atoms with Gasteiger partial charge in [-0.25, -0.2) is 0 Å². The van der Waals surface area contributed by atoms with E-state index < -0.39 is 0 Å². The summed E-state index contributed by atoms with van der Waals surface area (Å²) in [5, 5.41) is 0. The van der Waals surface area contributed by atoms with Crippen LogP contribution in [0.15, 0.2) is 0 Å². The third kappa shape index (κ3) is 5.80. The highest BCUT2D eigenvalue weighted by Gasteiger charge is 1.99. The molecule has 0 radical (unpaired) electrons. The Bertz CT molecular complexity index is 61.9. The lowest BCUT2D eigenvalue weighted by Gasteiger charge is -2.09. The third-order valence-electron chi connectivity index (χ3n) is 1.52. The SMILES string of the molecule is CC[C@@H](N)CCC(C)N. The molecule has 0 spiro atoms. The van der Waals surface area contributed by atoms with Crippen LogP contribution < -0.4 is 11.5 Å². The van der Waals surface area contributed by atoms with Crippen LogP contribution in [0.2, 0.25) is 0 Å². The Morgan fingerprint density at radius 3 is 2.11 bits per heavy atom. The molecule has 0 saturated heterocycles. The summed E-state index contributed by atoms with van der Waals surface area (Å²) in [5.74, 6) is 0. The lowest BCUT2D eigenvalue weighted by atomic mass is 10.1. The zero-order valence-corrected chi connectivity index (χ0v) is 6.43. The van der Waals surface area contributed by atoms with Gasteiger partial charge in [-0.15, -0.1) is 0 Å². The van der Waals surface area contributed by atoms with Crippen molar-refractivity contribution in [1.82, 2.24) is 0 Å². The van der Waals surface area contributed by atoms with Gasteiger partial charge in [0.1, 0.15) is 0 Å². The van der Waals surface area contributed by atoms with Gasteiger partial charge in [0, 0.05) is 12.1 Å².